The molecule has 0 fully saturated rings. The predicted octanol–water partition coefficient (Wildman–Crippen LogP) is 8.17. The largest absolute Gasteiger partial charge is 0.434 e. The minimum absolute atomic E-state index is 0.0373. The van der Waals surface area contributed by atoms with Crippen LogP contribution in [0.1, 0.15) is 70.4 Å². The molecule has 0 amide bonds. The molecule has 3 heterocycles. The lowest BCUT2D eigenvalue weighted by atomic mass is 10.0. The van der Waals surface area contributed by atoms with E-state index in [1.165, 1.54) is 18.2 Å². The Hall–Kier alpha value is -2.99. The molecule has 4 aromatic rings. The Morgan fingerprint density at radius 3 is 2.48 bits per heavy atom. The average Bonchev–Trinajstić information content (AvgIpc) is 3.38. The van der Waals surface area contributed by atoms with Crippen molar-refractivity contribution in [2.75, 3.05) is 0 Å². The smallest absolute Gasteiger partial charge is 0.387 e. The lowest BCUT2D eigenvalue weighted by molar-refractivity contribution is -0.0507. The van der Waals surface area contributed by atoms with E-state index >= 15 is 4.39 Å². The normalized spacial score (nSPS) is 17.7. The van der Waals surface area contributed by atoms with Crippen LogP contribution in [0.5, 0.6) is 5.75 Å². The minimum Gasteiger partial charge on any atom is -0.434 e. The Labute approximate surface area is 248 Å². The Balaban J connectivity index is 1.61. The number of halogens is 4. The van der Waals surface area contributed by atoms with Crippen molar-refractivity contribution in [3.8, 4) is 17.0 Å². The Morgan fingerprint density at radius 1 is 1.10 bits per heavy atom. The molecule has 7 nitrogen and oxygen atoms in total. The van der Waals surface area contributed by atoms with Gasteiger partial charge in [-0.1, -0.05) is 38.4 Å². The molecule has 2 aromatic carbocycles. The molecule has 0 aliphatic carbocycles. The van der Waals surface area contributed by atoms with Crippen LogP contribution in [-0.4, -0.2) is 39.6 Å². The summed E-state index contributed by atoms with van der Waals surface area (Å²) in [6.07, 6.45) is 0.678. The van der Waals surface area contributed by atoms with E-state index in [4.69, 9.17) is 25.7 Å². The van der Waals surface area contributed by atoms with Gasteiger partial charge in [-0.2, -0.15) is 8.78 Å². The van der Waals surface area contributed by atoms with Gasteiger partial charge in [-0.05, 0) is 56.2 Å². The number of benzene rings is 2. The lowest BCUT2D eigenvalue weighted by Gasteiger charge is -2.42. The highest BCUT2D eigenvalue weighted by atomic mass is 35.5. The number of nitrogens with zero attached hydrogens (tertiary/aromatic N) is 4. The van der Waals surface area contributed by atoms with E-state index in [1.54, 1.807) is 29.0 Å². The summed E-state index contributed by atoms with van der Waals surface area (Å²) in [5.74, 6) is 0.0384. The van der Waals surface area contributed by atoms with E-state index in [9.17, 15) is 13.9 Å². The van der Waals surface area contributed by atoms with Crippen molar-refractivity contribution in [1.82, 2.24) is 19.5 Å². The first kappa shape index (κ1) is 30.5. The van der Waals surface area contributed by atoms with Crippen molar-refractivity contribution >= 4 is 31.0 Å². The van der Waals surface area contributed by atoms with Crippen LogP contribution in [0.2, 0.25) is 23.2 Å². The maximum atomic E-state index is 15.6. The number of aliphatic hydroxyl groups excluding tert-OH is 1. The highest BCUT2D eigenvalue weighted by molar-refractivity contribution is 6.74. The van der Waals surface area contributed by atoms with Crippen molar-refractivity contribution in [3.63, 3.8) is 0 Å². The maximum absolute atomic E-state index is 15.6. The van der Waals surface area contributed by atoms with E-state index in [0.29, 0.717) is 22.6 Å². The molecular weight excluding hydrogens is 585 g/mol. The third-order valence-corrected chi connectivity index (χ3v) is 13.2. The van der Waals surface area contributed by atoms with Crippen molar-refractivity contribution in [2.45, 2.75) is 83.5 Å². The summed E-state index contributed by atoms with van der Waals surface area (Å²) in [6.45, 7) is 11.5. The van der Waals surface area contributed by atoms with Gasteiger partial charge in [-0.15, -0.1) is 0 Å². The standard InChI is InChI=1S/C30H34ClF3N4O3Si/c1-29(2,3)42(6,7)41-30(4,5)27-35-12-11-19(37-27)16-13-21-20(14-18(16)32)36-26-23(39)15-22(38(21)26)25-17(31)9-8-10-24(25)40-28(33)34/h8-14,22-23,28,39H,15H2,1-7H3/t22-,23+/m1/s1. The van der Waals surface area contributed by atoms with Crippen molar-refractivity contribution in [1.29, 1.82) is 0 Å². The first-order valence-corrected chi connectivity index (χ1v) is 17.0. The van der Waals surface area contributed by atoms with Crippen LogP contribution in [0, 0.1) is 5.82 Å². The van der Waals surface area contributed by atoms with Crippen LogP contribution >= 0.6 is 11.6 Å². The first-order chi connectivity index (χ1) is 19.5. The summed E-state index contributed by atoms with van der Waals surface area (Å²) in [5.41, 5.74) is 0.780. The topological polar surface area (TPSA) is 82.3 Å². The van der Waals surface area contributed by atoms with Gasteiger partial charge in [0.25, 0.3) is 0 Å². The highest BCUT2D eigenvalue weighted by Gasteiger charge is 2.43. The second-order valence-electron chi connectivity index (χ2n) is 12.6. The zero-order valence-corrected chi connectivity index (χ0v) is 26.3. The molecule has 12 heteroatoms. The summed E-state index contributed by atoms with van der Waals surface area (Å²) in [5, 5.41) is 11.0. The van der Waals surface area contributed by atoms with Crippen LogP contribution in [0.4, 0.5) is 13.2 Å². The summed E-state index contributed by atoms with van der Waals surface area (Å²) in [4.78, 5) is 13.7. The molecule has 1 aliphatic heterocycles. The summed E-state index contributed by atoms with van der Waals surface area (Å²) in [7, 11) is -2.19. The van der Waals surface area contributed by atoms with Crippen LogP contribution in [0.15, 0.2) is 42.6 Å². The van der Waals surface area contributed by atoms with Gasteiger partial charge in [0.05, 0.1) is 22.8 Å². The molecule has 1 aliphatic rings. The monoisotopic (exact) mass is 618 g/mol. The summed E-state index contributed by atoms with van der Waals surface area (Å²) >= 11 is 6.49. The minimum atomic E-state index is -3.06. The molecule has 2 atom stereocenters. The van der Waals surface area contributed by atoms with E-state index < -0.39 is 38.5 Å². The molecule has 0 radical (unpaired) electrons. The molecule has 1 N–H and O–H groups in total. The van der Waals surface area contributed by atoms with Gasteiger partial charge in [0, 0.05) is 34.8 Å². The molecule has 5 rings (SSSR count). The fourth-order valence-electron chi connectivity index (χ4n) is 5.24. The number of ether oxygens (including phenoxy) is 1. The number of rotatable bonds is 7. The van der Waals surface area contributed by atoms with Gasteiger partial charge in [0.1, 0.15) is 29.1 Å². The lowest BCUT2D eigenvalue weighted by Crippen LogP contribution is -2.46. The number of imidazole rings is 1. The number of aliphatic hydroxyl groups is 1. The van der Waals surface area contributed by atoms with Crippen molar-refractivity contribution < 1.29 is 27.4 Å². The summed E-state index contributed by atoms with van der Waals surface area (Å²) < 4.78 is 55.2. The highest BCUT2D eigenvalue weighted by Crippen LogP contribution is 2.47. The second kappa shape index (κ2) is 10.6. The van der Waals surface area contributed by atoms with Crippen LogP contribution in [0.3, 0.4) is 0 Å². The quantitative estimate of drug-likeness (QED) is 0.210. The van der Waals surface area contributed by atoms with E-state index in [1.807, 2.05) is 13.8 Å². The molecule has 0 unspecified atom stereocenters. The third kappa shape index (κ3) is 5.43. The molecule has 0 bridgehead atoms. The Kier molecular flexibility index (Phi) is 7.70. The fourth-order valence-corrected chi connectivity index (χ4v) is 7.20. The van der Waals surface area contributed by atoms with E-state index in [-0.39, 0.29) is 39.2 Å². The van der Waals surface area contributed by atoms with Crippen LogP contribution in [0.25, 0.3) is 22.3 Å². The number of hydrogen-bond donors (Lipinski definition) is 1. The first-order valence-electron chi connectivity index (χ1n) is 13.7. The zero-order chi connectivity index (χ0) is 30.8. The molecule has 2 aromatic heterocycles. The zero-order valence-electron chi connectivity index (χ0n) is 24.5. The van der Waals surface area contributed by atoms with Crippen LogP contribution < -0.4 is 4.74 Å². The number of aromatic nitrogens is 4. The van der Waals surface area contributed by atoms with Gasteiger partial charge in [0.15, 0.2) is 14.1 Å². The molecule has 0 saturated heterocycles. The molecule has 42 heavy (non-hydrogen) atoms. The van der Waals surface area contributed by atoms with E-state index in [0.717, 1.165) is 0 Å². The van der Waals surface area contributed by atoms with Crippen LogP contribution in [-0.2, 0) is 10.0 Å². The predicted molar refractivity (Wildman–Crippen MR) is 158 cm³/mol. The van der Waals surface area contributed by atoms with Gasteiger partial charge >= 0.3 is 6.61 Å². The molecule has 0 spiro atoms. The fraction of sp³-hybridized carbons (Fsp3) is 0.433. The Bertz CT molecular complexity index is 1660. The van der Waals surface area contributed by atoms with E-state index in [2.05, 4.69) is 43.8 Å². The van der Waals surface area contributed by atoms with Gasteiger partial charge in [0.2, 0.25) is 0 Å². The SMILES string of the molecule is CC(C)(O[Si](C)(C)C(C)(C)C)c1nccc(-c2cc3c(cc2F)nc2n3[C@@H](c3c(Cl)cccc3OC(F)F)C[C@@H]2O)n1. The molecular formula is C30H34ClF3N4O3Si. The van der Waals surface area contributed by atoms with Crippen molar-refractivity contribution in [3.05, 3.63) is 70.6 Å². The average molecular weight is 619 g/mol. The van der Waals surface area contributed by atoms with Crippen molar-refractivity contribution in [2.24, 2.45) is 0 Å². The Morgan fingerprint density at radius 2 is 1.81 bits per heavy atom. The van der Waals surface area contributed by atoms with Gasteiger partial charge in [-0.3, -0.25) is 0 Å². The van der Waals surface area contributed by atoms with Gasteiger partial charge < -0.3 is 18.8 Å². The summed E-state index contributed by atoms with van der Waals surface area (Å²) in [6, 6.07) is 8.30. The number of hydrogen-bond acceptors (Lipinski definition) is 6. The van der Waals surface area contributed by atoms with Gasteiger partial charge in [-0.25, -0.2) is 19.3 Å². The number of fused-ring (bicyclic) bond motifs is 3. The maximum Gasteiger partial charge on any atom is 0.387 e. The molecule has 224 valence electrons. The number of alkyl halides is 2. The molecule has 0 saturated carbocycles. The second-order valence-corrected chi connectivity index (χ2v) is 17.7. The third-order valence-electron chi connectivity index (χ3n) is 8.21.